The molecule has 0 saturated carbocycles. The molecule has 0 spiro atoms. The molecule has 1 heterocycles. The summed E-state index contributed by atoms with van der Waals surface area (Å²) in [4.78, 5) is 19.7. The van der Waals surface area contributed by atoms with E-state index in [1.165, 1.54) is 24.4 Å². The molecule has 0 atom stereocenters. The highest BCUT2D eigenvalue weighted by atomic mass is 35.5. The Balaban J connectivity index is 2.26. The van der Waals surface area contributed by atoms with Crippen molar-refractivity contribution < 1.29 is 9.18 Å². The number of carbonyl (C=O) groups excluding carboxylic acids is 1. The number of nitrogens with zero attached hydrogens (tertiary/aromatic N) is 2. The molecule has 0 fully saturated rings. The standard InChI is InChI=1S/C17H17ClFN7O/c1-3-15(27)25-14-6-10(4-5-13(14)19)23-16-12(18)9-22-17(26-16)24-11(7-20)8-21-2/h3-9,20-21H,1H2,2H3,(H,25,27)(H2,22,23,24,26)/b11-8+,20-7?. The molecule has 2 aromatic rings. The summed E-state index contributed by atoms with van der Waals surface area (Å²) < 4.78 is 13.8. The number of hydrogen-bond acceptors (Lipinski definition) is 7. The summed E-state index contributed by atoms with van der Waals surface area (Å²) in [5.41, 5.74) is 0.860. The second kappa shape index (κ2) is 9.30. The van der Waals surface area contributed by atoms with Gasteiger partial charge in [-0.1, -0.05) is 18.2 Å². The number of nitrogens with one attached hydrogen (secondary N) is 5. The van der Waals surface area contributed by atoms with Crippen molar-refractivity contribution in [3.05, 3.63) is 59.8 Å². The van der Waals surface area contributed by atoms with Crippen LogP contribution in [0.25, 0.3) is 0 Å². The molecule has 0 radical (unpaired) electrons. The Kier molecular flexibility index (Phi) is 6.84. The smallest absolute Gasteiger partial charge is 0.247 e. The minimum atomic E-state index is -0.597. The van der Waals surface area contributed by atoms with Crippen molar-refractivity contribution in [3.8, 4) is 0 Å². The molecule has 1 aromatic carbocycles. The predicted octanol–water partition coefficient (Wildman–Crippen LogP) is 3.26. The second-order valence-corrected chi connectivity index (χ2v) is 5.47. The van der Waals surface area contributed by atoms with Crippen LogP contribution in [0, 0.1) is 11.2 Å². The Morgan fingerprint density at radius 3 is 2.81 bits per heavy atom. The van der Waals surface area contributed by atoms with Gasteiger partial charge in [0.15, 0.2) is 5.82 Å². The van der Waals surface area contributed by atoms with Crippen molar-refractivity contribution in [2.75, 3.05) is 23.0 Å². The van der Waals surface area contributed by atoms with E-state index < -0.39 is 11.7 Å². The maximum atomic E-state index is 13.8. The zero-order valence-corrected chi connectivity index (χ0v) is 15.1. The van der Waals surface area contributed by atoms with Gasteiger partial charge in [-0.2, -0.15) is 4.98 Å². The summed E-state index contributed by atoms with van der Waals surface area (Å²) in [6.45, 7) is 3.33. The van der Waals surface area contributed by atoms with Gasteiger partial charge in [0.1, 0.15) is 10.8 Å². The Morgan fingerprint density at radius 2 is 2.15 bits per heavy atom. The average Bonchev–Trinajstić information content (AvgIpc) is 2.66. The number of allylic oxidation sites excluding steroid dienone is 1. The summed E-state index contributed by atoms with van der Waals surface area (Å²) in [5, 5.41) is 18.5. The molecule has 0 aliphatic heterocycles. The normalized spacial score (nSPS) is 10.7. The van der Waals surface area contributed by atoms with Crippen LogP contribution >= 0.6 is 11.6 Å². The van der Waals surface area contributed by atoms with Crippen LogP contribution in [0.5, 0.6) is 0 Å². The molecule has 1 aromatic heterocycles. The Morgan fingerprint density at radius 1 is 1.37 bits per heavy atom. The van der Waals surface area contributed by atoms with Gasteiger partial charge in [0.05, 0.1) is 17.6 Å². The molecule has 27 heavy (non-hydrogen) atoms. The van der Waals surface area contributed by atoms with Gasteiger partial charge in [0, 0.05) is 25.1 Å². The largest absolute Gasteiger partial charge is 0.392 e. The maximum absolute atomic E-state index is 13.8. The van der Waals surface area contributed by atoms with Crippen molar-refractivity contribution in [3.63, 3.8) is 0 Å². The lowest BCUT2D eigenvalue weighted by Gasteiger charge is -2.12. The first-order chi connectivity index (χ1) is 13.0. The highest BCUT2D eigenvalue weighted by molar-refractivity contribution is 6.32. The van der Waals surface area contributed by atoms with E-state index in [1.54, 1.807) is 13.2 Å². The van der Waals surface area contributed by atoms with E-state index in [2.05, 4.69) is 37.8 Å². The Bertz CT molecular complexity index is 901. The van der Waals surface area contributed by atoms with Crippen LogP contribution in [-0.4, -0.2) is 29.1 Å². The number of hydrogen-bond donors (Lipinski definition) is 5. The van der Waals surface area contributed by atoms with E-state index in [0.29, 0.717) is 11.4 Å². The van der Waals surface area contributed by atoms with Crippen LogP contribution < -0.4 is 21.3 Å². The molecular formula is C17H17ClFN7O. The molecule has 0 unspecified atom stereocenters. The third-order valence-corrected chi connectivity index (χ3v) is 3.40. The molecule has 0 aliphatic carbocycles. The van der Waals surface area contributed by atoms with Crippen LogP contribution in [-0.2, 0) is 4.79 Å². The molecule has 10 heteroatoms. The highest BCUT2D eigenvalue weighted by Gasteiger charge is 2.10. The summed E-state index contributed by atoms with van der Waals surface area (Å²) in [5.74, 6) is -0.669. The summed E-state index contributed by atoms with van der Waals surface area (Å²) >= 11 is 6.11. The lowest BCUT2D eigenvalue weighted by molar-refractivity contribution is -0.111. The number of aromatic nitrogens is 2. The molecule has 1 amide bonds. The topological polar surface area (TPSA) is 115 Å². The molecule has 0 saturated heterocycles. The van der Waals surface area contributed by atoms with Crippen molar-refractivity contribution in [2.45, 2.75) is 0 Å². The van der Waals surface area contributed by atoms with Crippen LogP contribution in [0.1, 0.15) is 0 Å². The van der Waals surface area contributed by atoms with Crippen LogP contribution in [0.15, 0.2) is 48.9 Å². The minimum Gasteiger partial charge on any atom is -0.392 e. The lowest BCUT2D eigenvalue weighted by Crippen LogP contribution is -2.10. The second-order valence-electron chi connectivity index (χ2n) is 5.06. The first-order valence-corrected chi connectivity index (χ1v) is 8.02. The lowest BCUT2D eigenvalue weighted by atomic mass is 10.2. The monoisotopic (exact) mass is 389 g/mol. The number of benzene rings is 1. The first kappa shape index (κ1) is 19.9. The summed E-state index contributed by atoms with van der Waals surface area (Å²) in [6, 6.07) is 4.05. The van der Waals surface area contributed by atoms with Crippen molar-refractivity contribution in [1.82, 2.24) is 15.3 Å². The molecule has 5 N–H and O–H groups in total. The van der Waals surface area contributed by atoms with Gasteiger partial charge in [-0.25, -0.2) is 9.37 Å². The van der Waals surface area contributed by atoms with E-state index in [9.17, 15) is 9.18 Å². The van der Waals surface area contributed by atoms with Crippen LogP contribution in [0.3, 0.4) is 0 Å². The third kappa shape index (κ3) is 5.51. The average molecular weight is 390 g/mol. The fourth-order valence-electron chi connectivity index (χ4n) is 1.93. The van der Waals surface area contributed by atoms with Gasteiger partial charge in [-0.3, -0.25) is 4.79 Å². The first-order valence-electron chi connectivity index (χ1n) is 7.64. The molecule has 0 bridgehead atoms. The predicted molar refractivity (Wildman–Crippen MR) is 105 cm³/mol. The highest BCUT2D eigenvalue weighted by Crippen LogP contribution is 2.26. The Labute approximate surface area is 160 Å². The van der Waals surface area contributed by atoms with Gasteiger partial charge in [0.25, 0.3) is 0 Å². The van der Waals surface area contributed by atoms with Gasteiger partial charge in [-0.05, 0) is 24.3 Å². The number of amides is 1. The minimum absolute atomic E-state index is 0.0172. The van der Waals surface area contributed by atoms with E-state index in [0.717, 1.165) is 12.3 Å². The quantitative estimate of drug-likeness (QED) is 0.349. The van der Waals surface area contributed by atoms with Crippen LogP contribution in [0.2, 0.25) is 5.02 Å². The molecular weight excluding hydrogens is 373 g/mol. The van der Waals surface area contributed by atoms with Crippen molar-refractivity contribution >= 4 is 46.9 Å². The summed E-state index contributed by atoms with van der Waals surface area (Å²) in [7, 11) is 1.69. The number of rotatable bonds is 8. The Hall–Kier alpha value is -3.46. The van der Waals surface area contributed by atoms with Gasteiger partial charge < -0.3 is 26.7 Å². The fraction of sp³-hybridized carbons (Fsp3) is 0.0588. The van der Waals surface area contributed by atoms with Gasteiger partial charge >= 0.3 is 0 Å². The number of anilines is 4. The van der Waals surface area contributed by atoms with Crippen LogP contribution in [0.4, 0.5) is 27.5 Å². The fourth-order valence-corrected chi connectivity index (χ4v) is 2.07. The zero-order valence-electron chi connectivity index (χ0n) is 14.3. The molecule has 8 nitrogen and oxygen atoms in total. The maximum Gasteiger partial charge on any atom is 0.247 e. The van der Waals surface area contributed by atoms with E-state index in [-0.39, 0.29) is 22.5 Å². The molecule has 2 rings (SSSR count). The van der Waals surface area contributed by atoms with E-state index >= 15 is 0 Å². The molecule has 0 aliphatic rings. The van der Waals surface area contributed by atoms with E-state index in [4.69, 9.17) is 17.0 Å². The number of halogens is 2. The van der Waals surface area contributed by atoms with Gasteiger partial charge in [0.2, 0.25) is 11.9 Å². The van der Waals surface area contributed by atoms with Crippen molar-refractivity contribution in [1.29, 1.82) is 5.41 Å². The molecule has 140 valence electrons. The third-order valence-electron chi connectivity index (χ3n) is 3.13. The summed E-state index contributed by atoms with van der Waals surface area (Å²) in [6.07, 6.45) is 5.07. The van der Waals surface area contributed by atoms with Crippen molar-refractivity contribution in [2.24, 2.45) is 0 Å². The zero-order chi connectivity index (χ0) is 19.8. The van der Waals surface area contributed by atoms with E-state index in [1.807, 2.05) is 0 Å². The van der Waals surface area contributed by atoms with Gasteiger partial charge in [-0.15, -0.1) is 0 Å². The SMILES string of the molecule is C=CC(=O)Nc1cc(Nc2nc(N/C(C=N)=C/NC)ncc2Cl)ccc1F. The number of carbonyl (C=O) groups is 1.